The molecule has 3 heterocycles. The Hall–Kier alpha value is -2.99. The number of methoxy groups -OCH3 is 1. The average molecular weight is 433 g/mol. The summed E-state index contributed by atoms with van der Waals surface area (Å²) in [7, 11) is 1.66. The predicted molar refractivity (Wildman–Crippen MR) is 122 cm³/mol. The van der Waals surface area contributed by atoms with Gasteiger partial charge >= 0.3 is 0 Å². The van der Waals surface area contributed by atoms with Crippen molar-refractivity contribution in [3.05, 3.63) is 54.2 Å². The molecule has 3 atom stereocenters. The van der Waals surface area contributed by atoms with Crippen LogP contribution in [0.25, 0.3) is 10.9 Å². The second kappa shape index (κ2) is 8.17. The van der Waals surface area contributed by atoms with Crippen molar-refractivity contribution in [3.8, 4) is 23.0 Å². The van der Waals surface area contributed by atoms with Crippen molar-refractivity contribution in [3.63, 3.8) is 0 Å². The van der Waals surface area contributed by atoms with E-state index < -0.39 is 0 Å². The highest BCUT2D eigenvalue weighted by atomic mass is 16.6. The van der Waals surface area contributed by atoms with Crippen LogP contribution in [0.5, 0.6) is 23.0 Å². The summed E-state index contributed by atoms with van der Waals surface area (Å²) in [4.78, 5) is 7.06. The third kappa shape index (κ3) is 3.73. The highest BCUT2D eigenvalue weighted by Crippen LogP contribution is 2.51. The van der Waals surface area contributed by atoms with Gasteiger partial charge in [0.2, 0.25) is 0 Å². The van der Waals surface area contributed by atoms with Gasteiger partial charge in [-0.25, -0.2) is 0 Å². The molecule has 6 heteroatoms. The number of hydrogen-bond donors (Lipinski definition) is 0. The average Bonchev–Trinajstić information content (AvgIpc) is 3.29. The fourth-order valence-corrected chi connectivity index (χ4v) is 5.22. The lowest BCUT2D eigenvalue weighted by molar-refractivity contribution is 0.171. The summed E-state index contributed by atoms with van der Waals surface area (Å²) < 4.78 is 22.9. The third-order valence-electron chi connectivity index (χ3n) is 7.10. The molecule has 6 rings (SSSR count). The molecular formula is C26H28N2O4. The number of benzene rings is 2. The lowest BCUT2D eigenvalue weighted by Crippen LogP contribution is -2.28. The summed E-state index contributed by atoms with van der Waals surface area (Å²) in [6.07, 6.45) is 2.79. The van der Waals surface area contributed by atoms with Gasteiger partial charge in [-0.1, -0.05) is 12.1 Å². The Balaban J connectivity index is 1.01. The van der Waals surface area contributed by atoms with Gasteiger partial charge in [0.15, 0.2) is 11.5 Å². The van der Waals surface area contributed by atoms with Crippen LogP contribution >= 0.6 is 0 Å². The first-order chi connectivity index (χ1) is 15.8. The summed E-state index contributed by atoms with van der Waals surface area (Å²) in [6, 6.07) is 14.4. The minimum atomic E-state index is 0.637. The maximum absolute atomic E-state index is 6.26. The fourth-order valence-electron chi connectivity index (χ4n) is 5.22. The molecule has 1 aromatic heterocycles. The van der Waals surface area contributed by atoms with Crippen molar-refractivity contribution in [1.82, 2.24) is 9.88 Å². The maximum Gasteiger partial charge on any atom is 0.161 e. The van der Waals surface area contributed by atoms with Gasteiger partial charge in [-0.15, -0.1) is 0 Å². The quantitative estimate of drug-likeness (QED) is 0.566. The first-order valence-corrected chi connectivity index (χ1v) is 11.4. The Labute approximate surface area is 188 Å². The van der Waals surface area contributed by atoms with Crippen LogP contribution in [0.15, 0.2) is 48.7 Å². The van der Waals surface area contributed by atoms with Gasteiger partial charge in [0.1, 0.15) is 24.7 Å². The monoisotopic (exact) mass is 432 g/mol. The summed E-state index contributed by atoms with van der Waals surface area (Å²) in [5, 5.41) is 1.01. The van der Waals surface area contributed by atoms with Crippen LogP contribution in [0, 0.1) is 17.8 Å². The zero-order valence-corrected chi connectivity index (χ0v) is 18.3. The normalized spacial score (nSPS) is 23.7. The fraction of sp³-hybridized carbons (Fsp3) is 0.423. The van der Waals surface area contributed by atoms with Gasteiger partial charge < -0.3 is 23.8 Å². The lowest BCUT2D eigenvalue weighted by Gasteiger charge is -2.21. The number of likely N-dealkylation sites (tertiary alicyclic amines) is 1. The van der Waals surface area contributed by atoms with Gasteiger partial charge in [0, 0.05) is 30.9 Å². The van der Waals surface area contributed by atoms with E-state index in [1.165, 1.54) is 18.7 Å². The molecular weight excluding hydrogens is 404 g/mol. The zero-order chi connectivity index (χ0) is 21.5. The molecule has 3 aromatic rings. The smallest absolute Gasteiger partial charge is 0.161 e. The zero-order valence-electron chi connectivity index (χ0n) is 18.3. The Morgan fingerprint density at radius 2 is 1.88 bits per heavy atom. The SMILES string of the molecule is COc1cnc2cccc(OCC3[C@H]4CN(CCc5ccc6c(c5)OCCO6)C[C@@H]34)c2c1. The number of hydrogen-bond acceptors (Lipinski definition) is 6. The van der Waals surface area contributed by atoms with Crippen LogP contribution in [-0.4, -0.2) is 56.4 Å². The highest BCUT2D eigenvalue weighted by molar-refractivity contribution is 5.86. The predicted octanol–water partition coefficient (Wildman–Crippen LogP) is 3.81. The second-order valence-corrected chi connectivity index (χ2v) is 8.99. The molecule has 32 heavy (non-hydrogen) atoms. The van der Waals surface area contributed by atoms with Crippen LogP contribution in [-0.2, 0) is 6.42 Å². The Bertz CT molecular complexity index is 1120. The molecule has 3 aliphatic rings. The van der Waals surface area contributed by atoms with E-state index in [1.54, 1.807) is 13.3 Å². The van der Waals surface area contributed by atoms with E-state index >= 15 is 0 Å². The van der Waals surface area contributed by atoms with Crippen molar-refractivity contribution in [2.24, 2.45) is 17.8 Å². The topological polar surface area (TPSA) is 53.1 Å². The third-order valence-corrected chi connectivity index (χ3v) is 7.10. The molecule has 6 nitrogen and oxygen atoms in total. The van der Waals surface area contributed by atoms with E-state index in [2.05, 4.69) is 22.0 Å². The Morgan fingerprint density at radius 3 is 2.72 bits per heavy atom. The van der Waals surface area contributed by atoms with E-state index in [4.69, 9.17) is 18.9 Å². The van der Waals surface area contributed by atoms with Crippen LogP contribution in [0.1, 0.15) is 5.56 Å². The molecule has 0 N–H and O–H groups in total. The molecule has 0 spiro atoms. The minimum absolute atomic E-state index is 0.637. The molecule has 2 aliphatic heterocycles. The minimum Gasteiger partial charge on any atom is -0.495 e. The molecule has 166 valence electrons. The van der Waals surface area contributed by atoms with Gasteiger partial charge in [0.25, 0.3) is 0 Å². The van der Waals surface area contributed by atoms with Gasteiger partial charge in [-0.2, -0.15) is 0 Å². The first-order valence-electron chi connectivity index (χ1n) is 11.4. The van der Waals surface area contributed by atoms with Crippen molar-refractivity contribution in [1.29, 1.82) is 0 Å². The first kappa shape index (κ1) is 19.7. The molecule has 1 saturated heterocycles. The van der Waals surface area contributed by atoms with E-state index in [-0.39, 0.29) is 0 Å². The number of pyridine rings is 1. The number of ether oxygens (including phenoxy) is 4. The van der Waals surface area contributed by atoms with Crippen molar-refractivity contribution < 1.29 is 18.9 Å². The van der Waals surface area contributed by atoms with Crippen LogP contribution < -0.4 is 18.9 Å². The van der Waals surface area contributed by atoms with Crippen LogP contribution in [0.2, 0.25) is 0 Å². The number of nitrogens with zero attached hydrogens (tertiary/aromatic N) is 2. The van der Waals surface area contributed by atoms with Gasteiger partial charge in [-0.3, -0.25) is 4.98 Å². The van der Waals surface area contributed by atoms with E-state index in [1.807, 2.05) is 30.3 Å². The molecule has 0 radical (unpaired) electrons. The van der Waals surface area contributed by atoms with Gasteiger partial charge in [0.05, 0.1) is 25.4 Å². The summed E-state index contributed by atoms with van der Waals surface area (Å²) in [6.45, 7) is 5.50. The highest BCUT2D eigenvalue weighted by Gasteiger charge is 2.55. The number of aromatic nitrogens is 1. The van der Waals surface area contributed by atoms with Crippen molar-refractivity contribution in [2.45, 2.75) is 6.42 Å². The van der Waals surface area contributed by atoms with Gasteiger partial charge in [-0.05, 0) is 54.2 Å². The molecule has 1 saturated carbocycles. The largest absolute Gasteiger partial charge is 0.495 e. The van der Waals surface area contributed by atoms with Crippen molar-refractivity contribution in [2.75, 3.05) is 46.6 Å². The lowest BCUT2D eigenvalue weighted by atomic mass is 10.1. The standard InChI is InChI=1S/C26H28N2O4/c1-29-18-12-19-23(27-13-18)3-2-4-24(19)32-16-22-20-14-28(15-21(20)22)8-7-17-5-6-25-26(11-17)31-10-9-30-25/h2-6,11-13,20-22H,7-10,14-16H2,1H3/t20-,21+,22?. The Kier molecular flexibility index (Phi) is 5.02. The maximum atomic E-state index is 6.26. The number of piperidine rings is 1. The molecule has 0 bridgehead atoms. The number of rotatable bonds is 7. The molecule has 2 aromatic carbocycles. The van der Waals surface area contributed by atoms with E-state index in [0.717, 1.165) is 65.3 Å². The van der Waals surface area contributed by atoms with Crippen LogP contribution in [0.3, 0.4) is 0 Å². The molecule has 2 fully saturated rings. The van der Waals surface area contributed by atoms with E-state index in [0.29, 0.717) is 19.1 Å². The molecule has 0 amide bonds. The Morgan fingerprint density at radius 1 is 1.03 bits per heavy atom. The summed E-state index contributed by atoms with van der Waals surface area (Å²) in [5.41, 5.74) is 2.25. The van der Waals surface area contributed by atoms with E-state index in [9.17, 15) is 0 Å². The van der Waals surface area contributed by atoms with Crippen molar-refractivity contribution >= 4 is 10.9 Å². The second-order valence-electron chi connectivity index (χ2n) is 8.99. The summed E-state index contributed by atoms with van der Waals surface area (Å²) >= 11 is 0. The molecule has 1 aliphatic carbocycles. The molecule has 1 unspecified atom stereocenters. The van der Waals surface area contributed by atoms with Crippen LogP contribution in [0.4, 0.5) is 0 Å². The summed E-state index contributed by atoms with van der Waals surface area (Å²) in [5.74, 6) is 5.59. The number of fused-ring (bicyclic) bond motifs is 3.